The highest BCUT2D eigenvalue weighted by atomic mass is 15.0. The van der Waals surface area contributed by atoms with Gasteiger partial charge in [0.15, 0.2) is 0 Å². The lowest BCUT2D eigenvalue weighted by Gasteiger charge is -2.35. The molecule has 0 saturated heterocycles. The van der Waals surface area contributed by atoms with Crippen molar-refractivity contribution in [3.63, 3.8) is 0 Å². The molecule has 5 heteroatoms. The van der Waals surface area contributed by atoms with Gasteiger partial charge in [-0.2, -0.15) is 0 Å². The Hall–Kier alpha value is -17.1. The maximum atomic E-state index is 2.55. The minimum Gasteiger partial charge on any atom is -0.309 e. The summed E-state index contributed by atoms with van der Waals surface area (Å²) in [6.07, 6.45) is 0. The van der Waals surface area contributed by atoms with Crippen LogP contribution in [-0.2, 0) is 16.2 Å². The third-order valence-electron chi connectivity index (χ3n) is 31.8. The lowest BCUT2D eigenvalue weighted by Crippen LogP contribution is -2.23. The average molecular weight is 1760 g/mol. The van der Waals surface area contributed by atoms with E-state index in [1.165, 1.54) is 268 Å². The van der Waals surface area contributed by atoms with Crippen LogP contribution in [0.1, 0.15) is 74.9 Å². The average Bonchev–Trinajstić information content (AvgIpc) is 1.50. The molecule has 5 nitrogen and oxygen atoms in total. The van der Waals surface area contributed by atoms with Crippen molar-refractivity contribution in [3.8, 4) is 61.8 Å². The molecule has 648 valence electrons. The number of hydrogen-bond acceptors (Lipinski definition) is 0. The first-order valence-electron chi connectivity index (χ1n) is 48.5. The molecule has 0 N–H and O–H groups in total. The number of para-hydroxylation sites is 4. The highest BCUT2D eigenvalue weighted by Crippen LogP contribution is 2.59. The van der Waals surface area contributed by atoms with Crippen LogP contribution in [0.4, 0.5) is 0 Å². The van der Waals surface area contributed by atoms with Gasteiger partial charge in [-0.15, -0.1) is 0 Å². The Kier molecular flexibility index (Phi) is 16.4. The van der Waals surface area contributed by atoms with E-state index in [-0.39, 0.29) is 16.2 Å². The summed E-state index contributed by atoms with van der Waals surface area (Å²) < 4.78 is 12.4. The molecule has 138 heavy (non-hydrogen) atoms. The van der Waals surface area contributed by atoms with Crippen molar-refractivity contribution in [2.45, 2.75) is 57.8 Å². The van der Waals surface area contributed by atoms with Crippen LogP contribution in [0.25, 0.3) is 246 Å². The molecule has 5 aromatic heterocycles. The number of hydrogen-bond donors (Lipinski definition) is 0. The van der Waals surface area contributed by atoms with E-state index in [0.29, 0.717) is 0 Å². The van der Waals surface area contributed by atoms with Crippen molar-refractivity contribution >= 4 is 184 Å². The van der Waals surface area contributed by atoms with Gasteiger partial charge >= 0.3 is 0 Å². The molecule has 0 amide bonds. The smallest absolute Gasteiger partial charge is 0.0619 e. The van der Waals surface area contributed by atoms with E-state index in [9.17, 15) is 0 Å². The molecule has 0 spiro atoms. The first-order valence-corrected chi connectivity index (χ1v) is 48.5. The molecule has 5 heterocycles. The third kappa shape index (κ3) is 10.9. The van der Waals surface area contributed by atoms with Crippen molar-refractivity contribution in [2.75, 3.05) is 0 Å². The second-order valence-corrected chi connectivity index (χ2v) is 40.0. The van der Waals surface area contributed by atoms with Crippen molar-refractivity contribution in [1.82, 2.24) is 22.8 Å². The summed E-state index contributed by atoms with van der Waals surface area (Å²) in [5.41, 5.74) is 34.5. The van der Waals surface area contributed by atoms with Crippen LogP contribution in [0.5, 0.6) is 0 Å². The molecule has 3 aliphatic carbocycles. The molecule has 0 aliphatic heterocycles. The zero-order chi connectivity index (χ0) is 91.5. The van der Waals surface area contributed by atoms with Gasteiger partial charge in [-0.3, -0.25) is 0 Å². The van der Waals surface area contributed by atoms with Crippen LogP contribution >= 0.6 is 0 Å². The minimum absolute atomic E-state index is 0.0693. The normalized spacial score (nSPS) is 13.8. The molecule has 0 unspecified atom stereocenters. The Bertz CT molecular complexity index is 10100. The molecule has 0 atom stereocenters. The summed E-state index contributed by atoms with van der Waals surface area (Å²) in [5, 5.41) is 31.1. The lowest BCUT2D eigenvalue weighted by molar-refractivity contribution is 0.645. The van der Waals surface area contributed by atoms with Crippen molar-refractivity contribution < 1.29 is 0 Å². The molecule has 0 saturated carbocycles. The molecule has 31 rings (SSSR count). The van der Waals surface area contributed by atoms with Gasteiger partial charge in [-0.25, -0.2) is 0 Å². The van der Waals surface area contributed by atoms with Crippen molar-refractivity contribution in [3.05, 3.63) is 476 Å². The Morgan fingerprint density at radius 3 is 0.833 bits per heavy atom. The molecular weight excluding hydrogens is 1670 g/mol. The fraction of sp³-hybridized carbons (Fsp3) is 0.0677. The number of rotatable bonds is 5. The standard InChI is InChI=1S/2C47H32N2.C39H27N/c1-47(2)38-18-8-5-17-36(38)45-43-30(13-11-19-39(43)47)28-42-44(45)37-27-22-29-12-3-4-14-33(29)46(37)49(42)32-25-23-31(24-26-32)48-40-20-9-6-15-34(40)35-16-7-10-21-41(35)48;1-47(2)38-20-10-8-19-35(38)45-43-30(14-12-21-39(43)47)27-42-44(45)36-25-23-29-13-6-7-17-33(29)46(36)49(42)32-24-26-41-37(28-32)34-18-9-11-22-40(34)48(41)31-15-4-3-5-16-31;1-39(2)32-16-8-7-15-30(32)37-35-27(13-9-17-33(35)39)23-34-36(37)31-21-19-25-11-5-6-14-29(25)38(31)40(34)28-20-18-24-10-3-4-12-26(24)22-28/h2*3-28H,1-2H3;3-23H,1-2H3. The molecule has 3 aliphatic rings. The number of fused-ring (bicyclic) bond motifs is 31. The van der Waals surface area contributed by atoms with Gasteiger partial charge < -0.3 is 22.8 Å². The zero-order valence-corrected chi connectivity index (χ0v) is 77.4. The second kappa shape index (κ2) is 29.0. The summed E-state index contributed by atoms with van der Waals surface area (Å²) >= 11 is 0. The molecular formula is C133H91N5. The van der Waals surface area contributed by atoms with E-state index >= 15 is 0 Å². The van der Waals surface area contributed by atoms with E-state index in [1.54, 1.807) is 0 Å². The predicted octanol–water partition coefficient (Wildman–Crippen LogP) is 35.5. The predicted molar refractivity (Wildman–Crippen MR) is 586 cm³/mol. The van der Waals surface area contributed by atoms with E-state index in [1.807, 2.05) is 0 Å². The van der Waals surface area contributed by atoms with Gasteiger partial charge in [0.2, 0.25) is 0 Å². The number of nitrogens with zero attached hydrogens (tertiary/aromatic N) is 5. The highest BCUT2D eigenvalue weighted by molar-refractivity contribution is 6.32. The summed E-state index contributed by atoms with van der Waals surface area (Å²) in [7, 11) is 0. The van der Waals surface area contributed by atoms with E-state index in [0.717, 1.165) is 11.4 Å². The summed E-state index contributed by atoms with van der Waals surface area (Å²) in [6.45, 7) is 14.3. The van der Waals surface area contributed by atoms with Crippen LogP contribution in [0.3, 0.4) is 0 Å². The van der Waals surface area contributed by atoms with Crippen molar-refractivity contribution in [2.24, 2.45) is 0 Å². The van der Waals surface area contributed by atoms with Gasteiger partial charge in [0.25, 0.3) is 0 Å². The minimum atomic E-state index is -0.0974. The van der Waals surface area contributed by atoms with Gasteiger partial charge in [-0.1, -0.05) is 381 Å². The SMILES string of the molecule is CC1(C)c2ccccc2-c2c3c1cccc3cc1c2c2ccc3ccccc3c2n1-c1ccc(-n2c3ccccc3c3ccccc32)cc1.CC1(C)c2ccccc2-c2c3c1cccc3cc1c2c2ccc3ccccc3c2n1-c1ccc2c(c1)c1ccccc1n2-c1ccccc1.CC1(C)c2ccccc2-c2c3c1cccc3cc1c2c2ccc3ccccc3c2n1-c1ccc2ccccc2c1. The molecule has 0 radical (unpaired) electrons. The van der Waals surface area contributed by atoms with Crippen LogP contribution in [-0.4, -0.2) is 22.8 Å². The number of benzene rings is 23. The molecule has 23 aromatic carbocycles. The van der Waals surface area contributed by atoms with Crippen LogP contribution in [0.2, 0.25) is 0 Å². The zero-order valence-electron chi connectivity index (χ0n) is 77.4. The Morgan fingerprint density at radius 1 is 0.145 bits per heavy atom. The molecule has 0 fully saturated rings. The number of aromatic nitrogens is 5. The fourth-order valence-corrected chi connectivity index (χ4v) is 25.7. The van der Waals surface area contributed by atoms with Crippen molar-refractivity contribution in [1.29, 1.82) is 0 Å². The van der Waals surface area contributed by atoms with E-state index in [2.05, 4.69) is 507 Å². The maximum Gasteiger partial charge on any atom is 0.0619 e. The van der Waals surface area contributed by atoms with Crippen LogP contribution in [0.15, 0.2) is 443 Å². The summed E-state index contributed by atoms with van der Waals surface area (Å²) in [4.78, 5) is 0. The van der Waals surface area contributed by atoms with Gasteiger partial charge in [0.05, 0.1) is 55.2 Å². The highest BCUT2D eigenvalue weighted by Gasteiger charge is 2.40. The van der Waals surface area contributed by atoms with Gasteiger partial charge in [-0.05, 0) is 212 Å². The molecule has 28 aromatic rings. The summed E-state index contributed by atoms with van der Waals surface area (Å²) in [6, 6.07) is 164. The first-order chi connectivity index (χ1) is 67.8. The Balaban J connectivity index is 0.000000100. The third-order valence-corrected chi connectivity index (χ3v) is 31.8. The first kappa shape index (κ1) is 78.4. The van der Waals surface area contributed by atoms with E-state index in [4.69, 9.17) is 0 Å². The Labute approximate surface area is 797 Å². The molecule has 0 bridgehead atoms. The van der Waals surface area contributed by atoms with Gasteiger partial charge in [0, 0.05) is 131 Å². The Morgan fingerprint density at radius 2 is 0.420 bits per heavy atom. The quantitative estimate of drug-likeness (QED) is 0.164. The maximum absolute atomic E-state index is 2.55. The second-order valence-electron chi connectivity index (χ2n) is 40.0. The topological polar surface area (TPSA) is 24.6 Å². The monoisotopic (exact) mass is 1760 g/mol. The largest absolute Gasteiger partial charge is 0.309 e. The van der Waals surface area contributed by atoms with Crippen LogP contribution < -0.4 is 0 Å². The van der Waals surface area contributed by atoms with E-state index < -0.39 is 0 Å². The fourth-order valence-electron chi connectivity index (χ4n) is 25.7. The lowest BCUT2D eigenvalue weighted by atomic mass is 9.68. The van der Waals surface area contributed by atoms with Gasteiger partial charge in [0.1, 0.15) is 0 Å². The van der Waals surface area contributed by atoms with Crippen LogP contribution in [0, 0.1) is 0 Å². The summed E-state index contributed by atoms with van der Waals surface area (Å²) in [5.74, 6) is 0.